The van der Waals surface area contributed by atoms with Gasteiger partial charge in [0.05, 0.1) is 32.3 Å². The van der Waals surface area contributed by atoms with Crippen LogP contribution in [0.15, 0.2) is 150 Å². The van der Waals surface area contributed by atoms with Crippen LogP contribution < -0.4 is 0 Å². The Hall–Kier alpha value is -7.16. The van der Waals surface area contributed by atoms with Crippen LogP contribution in [0, 0.1) is 13.8 Å². The van der Waals surface area contributed by atoms with Crippen molar-refractivity contribution in [2.75, 3.05) is 0 Å². The van der Waals surface area contributed by atoms with Crippen LogP contribution in [0.5, 0.6) is 0 Å². The standard InChI is InChI=1S/C48H30N6OS/c1-27-24-28(2)26-29(25-27)46-49-37-17-11-16-36(43(37)55-46)45-50-47(53-38-18-7-3-12-30(38)31-13-4-8-19-39(31)53)52-48(51-45)54-40-20-9-5-14-32(40)34-22-23-35-33-15-6-10-21-41(33)56-44(35)42(34)54/h3-26H,1-2H3. The highest BCUT2D eigenvalue weighted by atomic mass is 32.1. The third-order valence-electron chi connectivity index (χ3n) is 10.9. The highest BCUT2D eigenvalue weighted by molar-refractivity contribution is 7.26. The monoisotopic (exact) mass is 738 g/mol. The van der Waals surface area contributed by atoms with Crippen LogP contribution in [-0.2, 0) is 0 Å². The van der Waals surface area contributed by atoms with Gasteiger partial charge in [-0.25, -0.2) is 4.98 Å². The van der Waals surface area contributed by atoms with E-state index in [4.69, 9.17) is 24.4 Å². The van der Waals surface area contributed by atoms with E-state index in [1.807, 2.05) is 18.2 Å². The number of nitrogens with zero attached hydrogens (tertiary/aromatic N) is 6. The maximum atomic E-state index is 6.66. The second kappa shape index (κ2) is 11.7. The average molecular weight is 739 g/mol. The summed E-state index contributed by atoms with van der Waals surface area (Å²) in [5.74, 6) is 2.10. The molecule has 0 aliphatic carbocycles. The van der Waals surface area contributed by atoms with E-state index < -0.39 is 0 Å². The van der Waals surface area contributed by atoms with Crippen LogP contribution in [0.1, 0.15) is 11.1 Å². The molecule has 0 radical (unpaired) electrons. The fourth-order valence-corrected chi connectivity index (χ4v) is 9.84. The number of thiophene rings is 1. The number of aromatic nitrogens is 6. The van der Waals surface area contributed by atoms with E-state index in [2.05, 4.69) is 150 Å². The summed E-state index contributed by atoms with van der Waals surface area (Å²) >= 11 is 1.81. The Balaban J connectivity index is 1.20. The van der Waals surface area contributed by atoms with Gasteiger partial charge in [0, 0.05) is 42.6 Å². The molecule has 12 aromatic rings. The maximum absolute atomic E-state index is 6.66. The van der Waals surface area contributed by atoms with Gasteiger partial charge >= 0.3 is 0 Å². The number of rotatable bonds is 4. The van der Waals surface area contributed by atoms with E-state index in [1.165, 1.54) is 20.2 Å². The molecule has 0 unspecified atom stereocenters. The van der Waals surface area contributed by atoms with Crippen LogP contribution in [0.2, 0.25) is 0 Å². The maximum Gasteiger partial charge on any atom is 0.240 e. The molecule has 5 heterocycles. The van der Waals surface area contributed by atoms with E-state index in [0.29, 0.717) is 29.2 Å². The fraction of sp³-hybridized carbons (Fsp3) is 0.0417. The summed E-state index contributed by atoms with van der Waals surface area (Å²) in [6.07, 6.45) is 0. The van der Waals surface area contributed by atoms with Crippen LogP contribution in [0.3, 0.4) is 0 Å². The van der Waals surface area contributed by atoms with Gasteiger partial charge in [-0.05, 0) is 62.4 Å². The van der Waals surface area contributed by atoms with Gasteiger partial charge in [0.1, 0.15) is 5.52 Å². The van der Waals surface area contributed by atoms with Crippen molar-refractivity contribution in [3.05, 3.63) is 157 Å². The third-order valence-corrected chi connectivity index (χ3v) is 12.1. The number of para-hydroxylation sites is 4. The molecule has 7 nitrogen and oxygen atoms in total. The molecular formula is C48H30N6OS. The van der Waals surface area contributed by atoms with Crippen molar-refractivity contribution in [3.63, 3.8) is 0 Å². The topological polar surface area (TPSA) is 74.6 Å². The van der Waals surface area contributed by atoms with Crippen molar-refractivity contribution in [3.8, 4) is 34.7 Å². The first-order valence-electron chi connectivity index (χ1n) is 18.6. The van der Waals surface area contributed by atoms with Crippen molar-refractivity contribution < 1.29 is 4.42 Å². The Morgan fingerprint density at radius 3 is 1.80 bits per heavy atom. The molecule has 0 atom stereocenters. The normalized spacial score (nSPS) is 12.1. The zero-order valence-electron chi connectivity index (χ0n) is 30.4. The Kier molecular flexibility index (Phi) is 6.50. The van der Waals surface area contributed by atoms with Crippen LogP contribution in [0.25, 0.3) is 110 Å². The van der Waals surface area contributed by atoms with Crippen LogP contribution in [-0.4, -0.2) is 29.1 Å². The summed E-state index contributed by atoms with van der Waals surface area (Å²) in [6, 6.07) is 50.9. The van der Waals surface area contributed by atoms with E-state index in [-0.39, 0.29) is 0 Å². The number of hydrogen-bond acceptors (Lipinski definition) is 6. The largest absolute Gasteiger partial charge is 0.435 e. The minimum Gasteiger partial charge on any atom is -0.435 e. The van der Waals surface area contributed by atoms with E-state index in [9.17, 15) is 0 Å². The molecule has 12 rings (SSSR count). The van der Waals surface area contributed by atoms with Gasteiger partial charge in [0.2, 0.25) is 17.8 Å². The summed E-state index contributed by atoms with van der Waals surface area (Å²) in [4.78, 5) is 21.1. The first-order valence-corrected chi connectivity index (χ1v) is 19.5. The van der Waals surface area contributed by atoms with Crippen molar-refractivity contribution >= 4 is 86.2 Å². The lowest BCUT2D eigenvalue weighted by atomic mass is 10.1. The number of oxazole rings is 1. The van der Waals surface area contributed by atoms with Gasteiger partial charge < -0.3 is 4.42 Å². The molecule has 0 bridgehead atoms. The molecule has 0 fully saturated rings. The van der Waals surface area contributed by atoms with Crippen molar-refractivity contribution in [2.45, 2.75) is 13.8 Å². The Labute approximate surface area is 323 Å². The average Bonchev–Trinajstić information content (AvgIpc) is 3.99. The van der Waals surface area contributed by atoms with Crippen LogP contribution >= 0.6 is 11.3 Å². The SMILES string of the molecule is Cc1cc(C)cc(-c2nc3cccc(-c4nc(-n5c6ccccc6c6ccccc65)nc(-n5c6ccccc6c6ccc7c8ccccc8sc7c65)n4)c3o2)c1. The molecule has 0 saturated heterocycles. The van der Waals surface area contributed by atoms with Crippen molar-refractivity contribution in [2.24, 2.45) is 0 Å². The molecular weight excluding hydrogens is 709 g/mol. The predicted molar refractivity (Wildman–Crippen MR) is 229 cm³/mol. The number of hydrogen-bond donors (Lipinski definition) is 0. The Bertz CT molecular complexity index is 3510. The highest BCUT2D eigenvalue weighted by Gasteiger charge is 2.24. The molecule has 8 heteroatoms. The molecule has 7 aromatic carbocycles. The minimum absolute atomic E-state index is 0.495. The van der Waals surface area contributed by atoms with Gasteiger partial charge in [-0.3, -0.25) is 9.13 Å². The quantitative estimate of drug-likeness (QED) is 0.180. The molecule has 0 N–H and O–H groups in total. The minimum atomic E-state index is 0.495. The number of benzene rings is 7. The number of aryl methyl sites for hydroxylation is 2. The highest BCUT2D eigenvalue weighted by Crippen LogP contribution is 2.43. The Morgan fingerprint density at radius 2 is 1.09 bits per heavy atom. The zero-order chi connectivity index (χ0) is 37.1. The van der Waals surface area contributed by atoms with Gasteiger partial charge in [-0.2, -0.15) is 15.0 Å². The lowest BCUT2D eigenvalue weighted by molar-refractivity contribution is 0.620. The summed E-state index contributed by atoms with van der Waals surface area (Å²) in [7, 11) is 0. The van der Waals surface area contributed by atoms with Crippen molar-refractivity contribution in [1.82, 2.24) is 29.1 Å². The van der Waals surface area contributed by atoms with E-state index in [0.717, 1.165) is 71.4 Å². The summed E-state index contributed by atoms with van der Waals surface area (Å²) < 4.78 is 13.5. The van der Waals surface area contributed by atoms with Gasteiger partial charge in [0.15, 0.2) is 11.4 Å². The summed E-state index contributed by atoms with van der Waals surface area (Å²) in [5, 5.41) is 7.00. The fourth-order valence-electron chi connectivity index (χ4n) is 8.60. The molecule has 0 aliphatic rings. The number of fused-ring (bicyclic) bond motifs is 11. The third kappa shape index (κ3) is 4.50. The molecule has 0 amide bonds. The lowest BCUT2D eigenvalue weighted by Gasteiger charge is -2.13. The molecule has 5 aromatic heterocycles. The molecule has 264 valence electrons. The van der Waals surface area contributed by atoms with Gasteiger partial charge in [0.25, 0.3) is 0 Å². The molecule has 0 aliphatic heterocycles. The predicted octanol–water partition coefficient (Wildman–Crippen LogP) is 12.5. The molecule has 56 heavy (non-hydrogen) atoms. The van der Waals surface area contributed by atoms with Crippen LogP contribution in [0.4, 0.5) is 0 Å². The second-order valence-electron chi connectivity index (χ2n) is 14.5. The second-order valence-corrected chi connectivity index (χ2v) is 15.5. The first kappa shape index (κ1) is 31.2. The first-order chi connectivity index (χ1) is 27.6. The smallest absolute Gasteiger partial charge is 0.240 e. The van der Waals surface area contributed by atoms with Gasteiger partial charge in [-0.1, -0.05) is 108 Å². The molecule has 0 spiro atoms. The summed E-state index contributed by atoms with van der Waals surface area (Å²) in [5.41, 5.74) is 9.47. The van der Waals surface area contributed by atoms with E-state index >= 15 is 0 Å². The molecule has 0 saturated carbocycles. The van der Waals surface area contributed by atoms with Crippen molar-refractivity contribution in [1.29, 1.82) is 0 Å². The van der Waals surface area contributed by atoms with Gasteiger partial charge in [-0.15, -0.1) is 11.3 Å². The van der Waals surface area contributed by atoms with E-state index in [1.54, 1.807) is 11.3 Å². The lowest BCUT2D eigenvalue weighted by Crippen LogP contribution is -2.10. The summed E-state index contributed by atoms with van der Waals surface area (Å²) in [6.45, 7) is 4.18. The zero-order valence-corrected chi connectivity index (χ0v) is 31.2. The Morgan fingerprint density at radius 1 is 0.500 bits per heavy atom.